The van der Waals surface area contributed by atoms with Crippen LogP contribution in [0.2, 0.25) is 5.02 Å². The number of halogens is 1. The van der Waals surface area contributed by atoms with Gasteiger partial charge >= 0.3 is 6.03 Å². The average molecular weight is 374 g/mol. The number of benzene rings is 2. The van der Waals surface area contributed by atoms with E-state index in [1.54, 1.807) is 36.3 Å². The van der Waals surface area contributed by atoms with Crippen molar-refractivity contribution < 1.29 is 14.3 Å². The summed E-state index contributed by atoms with van der Waals surface area (Å²) in [6, 6.07) is 14.0. The highest BCUT2D eigenvalue weighted by atomic mass is 35.5. The first-order chi connectivity index (χ1) is 12.5. The van der Waals surface area contributed by atoms with E-state index in [2.05, 4.69) is 10.6 Å². The zero-order valence-electron chi connectivity index (χ0n) is 14.4. The topological polar surface area (TPSA) is 70.7 Å². The Kier molecular flexibility index (Phi) is 5.63. The van der Waals surface area contributed by atoms with Gasteiger partial charge in [-0.1, -0.05) is 23.7 Å². The summed E-state index contributed by atoms with van der Waals surface area (Å²) in [4.78, 5) is 26.0. The third-order valence-corrected chi connectivity index (χ3v) is 4.46. The highest BCUT2D eigenvalue weighted by Crippen LogP contribution is 2.23. The van der Waals surface area contributed by atoms with Crippen LogP contribution in [0.3, 0.4) is 0 Å². The molecule has 0 aromatic heterocycles. The number of ether oxygens (including phenoxy) is 1. The van der Waals surface area contributed by atoms with Gasteiger partial charge in [-0.25, -0.2) is 4.79 Å². The number of nitrogens with zero attached hydrogens (tertiary/aromatic N) is 1. The molecule has 0 spiro atoms. The number of urea groups is 1. The van der Waals surface area contributed by atoms with Crippen molar-refractivity contribution in [1.82, 2.24) is 10.6 Å². The minimum Gasteiger partial charge on any atom is -0.497 e. The van der Waals surface area contributed by atoms with Crippen LogP contribution in [0.15, 0.2) is 48.5 Å². The number of nitrogens with one attached hydrogen (secondary N) is 2. The minimum atomic E-state index is -0.295. The Morgan fingerprint density at radius 2 is 1.88 bits per heavy atom. The van der Waals surface area contributed by atoms with Crippen molar-refractivity contribution in [2.24, 2.45) is 0 Å². The Bertz CT molecular complexity index is 778. The Morgan fingerprint density at radius 3 is 2.54 bits per heavy atom. The SMILES string of the molecule is COc1ccc(CNC(=O)N[C@@H]2CC(=O)N(c3ccc(Cl)cc3)C2)cc1. The van der Waals surface area contributed by atoms with Crippen molar-refractivity contribution in [1.29, 1.82) is 0 Å². The maximum Gasteiger partial charge on any atom is 0.315 e. The standard InChI is InChI=1S/C19H20ClN3O3/c1-26-17-8-2-13(3-9-17)11-21-19(25)22-15-10-18(24)23(12-15)16-6-4-14(20)5-7-16/h2-9,15H,10-12H2,1H3,(H2,21,22,25)/t15-/m1/s1. The molecule has 3 rings (SSSR count). The number of amides is 3. The number of hydrogen-bond donors (Lipinski definition) is 2. The number of anilines is 1. The quantitative estimate of drug-likeness (QED) is 0.846. The first-order valence-electron chi connectivity index (χ1n) is 8.28. The third-order valence-electron chi connectivity index (χ3n) is 4.21. The number of methoxy groups -OCH3 is 1. The maximum absolute atomic E-state index is 12.2. The molecule has 2 aromatic carbocycles. The van der Waals surface area contributed by atoms with E-state index in [0.717, 1.165) is 17.0 Å². The van der Waals surface area contributed by atoms with Crippen molar-refractivity contribution in [2.75, 3.05) is 18.6 Å². The minimum absolute atomic E-state index is 0.0206. The van der Waals surface area contributed by atoms with Gasteiger partial charge in [0.15, 0.2) is 0 Å². The summed E-state index contributed by atoms with van der Waals surface area (Å²) in [7, 11) is 1.61. The van der Waals surface area contributed by atoms with Gasteiger partial charge in [-0.2, -0.15) is 0 Å². The normalized spacial score (nSPS) is 16.5. The Balaban J connectivity index is 1.50. The van der Waals surface area contributed by atoms with Gasteiger partial charge in [0, 0.05) is 30.2 Å². The van der Waals surface area contributed by atoms with Crippen LogP contribution in [-0.4, -0.2) is 31.6 Å². The first-order valence-corrected chi connectivity index (χ1v) is 8.66. The Morgan fingerprint density at radius 1 is 1.19 bits per heavy atom. The van der Waals surface area contributed by atoms with Crippen LogP contribution in [0.5, 0.6) is 5.75 Å². The van der Waals surface area contributed by atoms with Crippen LogP contribution in [0, 0.1) is 0 Å². The lowest BCUT2D eigenvalue weighted by molar-refractivity contribution is -0.117. The van der Waals surface area contributed by atoms with Crippen molar-refractivity contribution in [3.8, 4) is 5.75 Å². The van der Waals surface area contributed by atoms with Crippen LogP contribution in [0.4, 0.5) is 10.5 Å². The van der Waals surface area contributed by atoms with Gasteiger partial charge in [0.1, 0.15) is 5.75 Å². The molecular formula is C19H20ClN3O3. The van der Waals surface area contributed by atoms with E-state index in [0.29, 0.717) is 18.1 Å². The molecule has 3 amide bonds. The lowest BCUT2D eigenvalue weighted by Gasteiger charge is -2.17. The smallest absolute Gasteiger partial charge is 0.315 e. The van der Waals surface area contributed by atoms with Crippen LogP contribution in [0.1, 0.15) is 12.0 Å². The summed E-state index contributed by atoms with van der Waals surface area (Å²) in [5, 5.41) is 6.27. The third kappa shape index (κ3) is 4.46. The van der Waals surface area contributed by atoms with Gasteiger partial charge in [0.05, 0.1) is 13.2 Å². The molecule has 2 aromatic rings. The van der Waals surface area contributed by atoms with E-state index in [1.807, 2.05) is 24.3 Å². The number of carbonyl (C=O) groups excluding carboxylic acids is 2. The molecule has 6 nitrogen and oxygen atoms in total. The molecule has 0 radical (unpaired) electrons. The number of rotatable bonds is 5. The van der Waals surface area contributed by atoms with Gasteiger partial charge in [-0.05, 0) is 42.0 Å². The van der Waals surface area contributed by atoms with E-state index in [1.165, 1.54) is 0 Å². The van der Waals surface area contributed by atoms with Crippen molar-refractivity contribution in [3.63, 3.8) is 0 Å². The molecule has 1 aliphatic heterocycles. The molecule has 0 aliphatic carbocycles. The number of hydrogen-bond acceptors (Lipinski definition) is 3. The van der Waals surface area contributed by atoms with Crippen LogP contribution in [0.25, 0.3) is 0 Å². The second-order valence-electron chi connectivity index (χ2n) is 6.06. The molecule has 1 heterocycles. The Hall–Kier alpha value is -2.73. The summed E-state index contributed by atoms with van der Waals surface area (Å²) in [6.07, 6.45) is 0.276. The predicted octanol–water partition coefficient (Wildman–Crippen LogP) is 2.95. The molecule has 1 fully saturated rings. The summed E-state index contributed by atoms with van der Waals surface area (Å²) >= 11 is 5.88. The molecule has 0 saturated carbocycles. The zero-order chi connectivity index (χ0) is 18.5. The van der Waals surface area contributed by atoms with Crippen LogP contribution >= 0.6 is 11.6 Å². The summed E-state index contributed by atoms with van der Waals surface area (Å²) in [5.41, 5.74) is 1.74. The molecule has 26 heavy (non-hydrogen) atoms. The highest BCUT2D eigenvalue weighted by molar-refractivity contribution is 6.30. The van der Waals surface area contributed by atoms with Crippen LogP contribution < -0.4 is 20.3 Å². The van der Waals surface area contributed by atoms with Gasteiger partial charge in [-0.15, -0.1) is 0 Å². The van der Waals surface area contributed by atoms with E-state index in [9.17, 15) is 9.59 Å². The van der Waals surface area contributed by atoms with Crippen molar-refractivity contribution in [3.05, 3.63) is 59.1 Å². The van der Waals surface area contributed by atoms with Crippen molar-refractivity contribution in [2.45, 2.75) is 19.0 Å². The molecular weight excluding hydrogens is 354 g/mol. The molecule has 136 valence electrons. The van der Waals surface area contributed by atoms with Gasteiger partial charge in [0.2, 0.25) is 5.91 Å². The van der Waals surface area contributed by atoms with Gasteiger partial charge in [0.25, 0.3) is 0 Å². The fraction of sp³-hybridized carbons (Fsp3) is 0.263. The van der Waals surface area contributed by atoms with Gasteiger partial charge < -0.3 is 20.3 Å². The summed E-state index contributed by atoms with van der Waals surface area (Å²) in [6.45, 7) is 0.841. The molecule has 0 unspecified atom stereocenters. The van der Waals surface area contributed by atoms with E-state index >= 15 is 0 Å². The lowest BCUT2D eigenvalue weighted by Crippen LogP contribution is -2.43. The Labute approximate surface area is 157 Å². The molecule has 7 heteroatoms. The van der Waals surface area contributed by atoms with Crippen LogP contribution in [-0.2, 0) is 11.3 Å². The fourth-order valence-corrected chi connectivity index (χ4v) is 2.96. The van der Waals surface area contributed by atoms with Crippen molar-refractivity contribution >= 4 is 29.2 Å². The van der Waals surface area contributed by atoms with E-state index in [4.69, 9.17) is 16.3 Å². The van der Waals surface area contributed by atoms with E-state index in [-0.39, 0.29) is 24.4 Å². The monoisotopic (exact) mass is 373 g/mol. The summed E-state index contributed by atoms with van der Waals surface area (Å²) < 4.78 is 5.10. The number of carbonyl (C=O) groups is 2. The largest absolute Gasteiger partial charge is 0.497 e. The zero-order valence-corrected chi connectivity index (χ0v) is 15.1. The highest BCUT2D eigenvalue weighted by Gasteiger charge is 2.31. The van der Waals surface area contributed by atoms with Gasteiger partial charge in [-0.3, -0.25) is 4.79 Å². The summed E-state index contributed by atoms with van der Waals surface area (Å²) in [5.74, 6) is 0.748. The second kappa shape index (κ2) is 8.10. The molecule has 2 N–H and O–H groups in total. The molecule has 1 aliphatic rings. The second-order valence-corrected chi connectivity index (χ2v) is 6.49. The molecule has 0 bridgehead atoms. The fourth-order valence-electron chi connectivity index (χ4n) is 2.84. The lowest BCUT2D eigenvalue weighted by atomic mass is 10.2. The van der Waals surface area contributed by atoms with E-state index < -0.39 is 0 Å². The molecule has 1 saturated heterocycles. The first kappa shape index (κ1) is 18.1. The average Bonchev–Trinajstić information content (AvgIpc) is 3.01. The maximum atomic E-state index is 12.2. The molecule has 1 atom stereocenters. The predicted molar refractivity (Wildman–Crippen MR) is 101 cm³/mol.